The summed E-state index contributed by atoms with van der Waals surface area (Å²) in [4.78, 5) is 52.8. The number of rotatable bonds is 6. The fourth-order valence-corrected chi connectivity index (χ4v) is 5.16. The smallest absolute Gasteiger partial charge is 0.293 e. The summed E-state index contributed by atoms with van der Waals surface area (Å²) in [6.07, 6.45) is 4.80. The van der Waals surface area contributed by atoms with Crippen molar-refractivity contribution in [2.75, 3.05) is 26.2 Å². The van der Waals surface area contributed by atoms with Crippen LogP contribution in [-0.4, -0.2) is 58.9 Å². The molecule has 0 bridgehead atoms. The Morgan fingerprint density at radius 2 is 1.81 bits per heavy atom. The number of carbonyl (C=O) groups excluding carboxylic acids is 4. The Hall–Kier alpha value is -2.03. The summed E-state index contributed by atoms with van der Waals surface area (Å²) in [6.45, 7) is 1.50. The molecule has 32 heavy (non-hydrogen) atoms. The molecule has 0 unspecified atom stereocenters. The molecule has 4 amide bonds. The van der Waals surface area contributed by atoms with E-state index in [-0.39, 0.29) is 46.9 Å². The number of amides is 4. The molecule has 1 aliphatic carbocycles. The molecule has 10 heteroatoms. The van der Waals surface area contributed by atoms with Crippen LogP contribution in [0.1, 0.15) is 31.2 Å². The van der Waals surface area contributed by atoms with Crippen LogP contribution < -0.4 is 5.32 Å². The molecule has 0 aromatic heterocycles. The Labute approximate surface area is 200 Å². The van der Waals surface area contributed by atoms with Gasteiger partial charge in [-0.2, -0.15) is 0 Å². The number of benzene rings is 1. The molecule has 170 valence electrons. The number of nitrogens with one attached hydrogen (secondary N) is 1. The van der Waals surface area contributed by atoms with Crippen LogP contribution in [0.15, 0.2) is 23.1 Å². The zero-order valence-corrected chi connectivity index (χ0v) is 19.6. The first-order valence-electron chi connectivity index (χ1n) is 10.6. The first-order chi connectivity index (χ1) is 15.3. The van der Waals surface area contributed by atoms with Crippen LogP contribution >= 0.6 is 35.0 Å². The Bertz CT molecular complexity index is 987. The maximum Gasteiger partial charge on any atom is 0.293 e. The van der Waals surface area contributed by atoms with Gasteiger partial charge in [-0.1, -0.05) is 29.3 Å². The molecule has 0 spiro atoms. The van der Waals surface area contributed by atoms with E-state index in [1.165, 1.54) is 0 Å². The second-order valence-corrected chi connectivity index (χ2v) is 10.0. The molecule has 0 atom stereocenters. The van der Waals surface area contributed by atoms with Crippen molar-refractivity contribution in [2.45, 2.75) is 25.7 Å². The second kappa shape index (κ2) is 9.85. The lowest BCUT2D eigenvalue weighted by Crippen LogP contribution is -2.45. The fraction of sp³-hybridized carbons (Fsp3) is 0.455. The standard InChI is InChI=1S/C22H23Cl2N3O4S/c23-16-4-3-15(17(24)12-16)11-18-21(30)27(22(31)32-18)10-7-25-19(28)13-5-8-26(9-6-13)20(29)14-1-2-14/h3-4,11-14H,1-2,5-10H2,(H,25,28)/b18-11-. The predicted molar refractivity (Wildman–Crippen MR) is 124 cm³/mol. The van der Waals surface area contributed by atoms with Crippen LogP contribution in [-0.2, 0) is 14.4 Å². The lowest BCUT2D eigenvalue weighted by atomic mass is 9.95. The summed E-state index contributed by atoms with van der Waals surface area (Å²) in [5, 5.41) is 3.32. The van der Waals surface area contributed by atoms with Crippen molar-refractivity contribution in [3.8, 4) is 0 Å². The van der Waals surface area contributed by atoms with Gasteiger partial charge in [-0.05, 0) is 61.2 Å². The number of carbonyl (C=O) groups is 4. The average Bonchev–Trinajstić information content (AvgIpc) is 3.58. The molecule has 0 radical (unpaired) electrons. The molecular weight excluding hydrogens is 473 g/mol. The van der Waals surface area contributed by atoms with E-state index in [4.69, 9.17) is 23.2 Å². The molecule has 1 saturated carbocycles. The van der Waals surface area contributed by atoms with Crippen LogP contribution in [0.5, 0.6) is 0 Å². The molecule has 2 aliphatic heterocycles. The number of hydrogen-bond donors (Lipinski definition) is 1. The van der Waals surface area contributed by atoms with Gasteiger partial charge in [-0.25, -0.2) is 0 Å². The van der Waals surface area contributed by atoms with Gasteiger partial charge in [0.1, 0.15) is 0 Å². The number of imide groups is 1. The zero-order valence-electron chi connectivity index (χ0n) is 17.3. The number of nitrogens with zero attached hydrogens (tertiary/aromatic N) is 2. The number of likely N-dealkylation sites (tertiary alicyclic amines) is 1. The summed E-state index contributed by atoms with van der Waals surface area (Å²) in [6, 6.07) is 4.91. The minimum absolute atomic E-state index is 0.0982. The number of hydrogen-bond acceptors (Lipinski definition) is 5. The Balaban J connectivity index is 1.25. The van der Waals surface area contributed by atoms with Crippen LogP contribution in [0.4, 0.5) is 4.79 Å². The first-order valence-corrected chi connectivity index (χ1v) is 12.2. The molecule has 3 fully saturated rings. The van der Waals surface area contributed by atoms with Crippen LogP contribution in [0, 0.1) is 11.8 Å². The molecule has 7 nitrogen and oxygen atoms in total. The zero-order chi connectivity index (χ0) is 22.8. The average molecular weight is 496 g/mol. The summed E-state index contributed by atoms with van der Waals surface area (Å²) >= 11 is 12.9. The van der Waals surface area contributed by atoms with Crippen molar-refractivity contribution < 1.29 is 19.2 Å². The van der Waals surface area contributed by atoms with E-state index in [1.54, 1.807) is 24.3 Å². The molecular formula is C22H23Cl2N3O4S. The van der Waals surface area contributed by atoms with Crippen LogP contribution in [0.2, 0.25) is 10.0 Å². The lowest BCUT2D eigenvalue weighted by molar-refractivity contribution is -0.136. The van der Waals surface area contributed by atoms with Gasteiger partial charge in [0.15, 0.2) is 0 Å². The van der Waals surface area contributed by atoms with E-state index < -0.39 is 5.91 Å². The molecule has 4 rings (SSSR count). The molecule has 3 aliphatic rings. The second-order valence-electron chi connectivity index (χ2n) is 8.16. The van der Waals surface area contributed by atoms with E-state index in [9.17, 15) is 19.2 Å². The molecule has 2 heterocycles. The molecule has 1 aromatic carbocycles. The Morgan fingerprint density at radius 3 is 2.47 bits per heavy atom. The van der Waals surface area contributed by atoms with Gasteiger partial charge in [-0.3, -0.25) is 24.1 Å². The summed E-state index contributed by atoms with van der Waals surface area (Å²) in [7, 11) is 0. The quantitative estimate of drug-likeness (QED) is 0.606. The van der Waals surface area contributed by atoms with Gasteiger partial charge in [-0.15, -0.1) is 0 Å². The van der Waals surface area contributed by atoms with Gasteiger partial charge >= 0.3 is 0 Å². The van der Waals surface area contributed by atoms with E-state index in [0.29, 0.717) is 41.5 Å². The van der Waals surface area contributed by atoms with E-state index in [1.807, 2.05) is 4.90 Å². The van der Waals surface area contributed by atoms with Crippen molar-refractivity contribution >= 4 is 64.0 Å². The first kappa shape index (κ1) is 23.1. The topological polar surface area (TPSA) is 86.8 Å². The van der Waals surface area contributed by atoms with Gasteiger partial charge in [0.05, 0.1) is 4.91 Å². The van der Waals surface area contributed by atoms with Crippen molar-refractivity contribution in [1.82, 2.24) is 15.1 Å². The summed E-state index contributed by atoms with van der Waals surface area (Å²) in [5.41, 5.74) is 0.598. The molecule has 1 aromatic rings. The third-order valence-corrected chi connectivity index (χ3v) is 7.33. The minimum atomic E-state index is -0.410. The largest absolute Gasteiger partial charge is 0.354 e. The summed E-state index contributed by atoms with van der Waals surface area (Å²) < 4.78 is 0. The van der Waals surface area contributed by atoms with Crippen LogP contribution in [0.25, 0.3) is 6.08 Å². The minimum Gasteiger partial charge on any atom is -0.354 e. The van der Waals surface area contributed by atoms with Gasteiger partial charge < -0.3 is 10.2 Å². The lowest BCUT2D eigenvalue weighted by Gasteiger charge is -2.31. The summed E-state index contributed by atoms with van der Waals surface area (Å²) in [5.74, 6) is -0.245. The van der Waals surface area contributed by atoms with Gasteiger partial charge in [0.2, 0.25) is 11.8 Å². The highest BCUT2D eigenvalue weighted by molar-refractivity contribution is 8.18. The normalized spacial score (nSPS) is 20.9. The molecule has 1 N–H and O–H groups in total. The van der Waals surface area contributed by atoms with Gasteiger partial charge in [0, 0.05) is 48.1 Å². The highest BCUT2D eigenvalue weighted by atomic mass is 35.5. The van der Waals surface area contributed by atoms with E-state index in [2.05, 4.69) is 5.32 Å². The van der Waals surface area contributed by atoms with Crippen molar-refractivity contribution in [3.05, 3.63) is 38.7 Å². The highest BCUT2D eigenvalue weighted by Gasteiger charge is 2.37. The number of halogens is 2. The van der Waals surface area contributed by atoms with E-state index >= 15 is 0 Å². The predicted octanol–water partition coefficient (Wildman–Crippen LogP) is 3.79. The SMILES string of the molecule is O=C(NCCN1C(=O)S/C(=C\c2ccc(Cl)cc2Cl)C1=O)C1CCN(C(=O)C2CC2)CC1. The molecule has 2 saturated heterocycles. The van der Waals surface area contributed by atoms with Crippen molar-refractivity contribution in [1.29, 1.82) is 0 Å². The fourth-order valence-electron chi connectivity index (χ4n) is 3.84. The Kier molecular flexibility index (Phi) is 7.12. The third-order valence-electron chi connectivity index (χ3n) is 5.86. The van der Waals surface area contributed by atoms with E-state index in [0.717, 1.165) is 29.5 Å². The van der Waals surface area contributed by atoms with Crippen molar-refractivity contribution in [2.24, 2.45) is 11.8 Å². The highest BCUT2D eigenvalue weighted by Crippen LogP contribution is 2.34. The number of thioether (sulfide) groups is 1. The maximum absolute atomic E-state index is 12.6. The van der Waals surface area contributed by atoms with Crippen molar-refractivity contribution in [3.63, 3.8) is 0 Å². The monoisotopic (exact) mass is 495 g/mol. The third kappa shape index (κ3) is 5.30. The van der Waals surface area contributed by atoms with Crippen LogP contribution in [0.3, 0.4) is 0 Å². The number of piperidine rings is 1. The Morgan fingerprint density at radius 1 is 1.09 bits per heavy atom. The maximum atomic E-state index is 12.6. The van der Waals surface area contributed by atoms with Gasteiger partial charge in [0.25, 0.3) is 11.1 Å².